The first-order valence-corrected chi connectivity index (χ1v) is 7.22. The van der Waals surface area contributed by atoms with Crippen LogP contribution in [0.1, 0.15) is 45.1 Å². The predicted molar refractivity (Wildman–Crippen MR) is 84.2 cm³/mol. The largest absolute Gasteiger partial charge is 0.317 e. The highest BCUT2D eigenvalue weighted by Crippen LogP contribution is 1.99. The van der Waals surface area contributed by atoms with E-state index in [0.29, 0.717) is 0 Å². The lowest BCUT2D eigenvalue weighted by Crippen LogP contribution is -2.15. The minimum absolute atomic E-state index is 0.771. The Morgan fingerprint density at radius 2 is 1.58 bits per heavy atom. The monoisotopic (exact) mass is 261 g/mol. The van der Waals surface area contributed by atoms with Gasteiger partial charge in [-0.3, -0.25) is 4.79 Å². The number of rotatable bonds is 8. The van der Waals surface area contributed by atoms with E-state index >= 15 is 0 Å². The Labute approximate surface area is 117 Å². The molecule has 0 fully saturated rings. The first kappa shape index (κ1) is 17.6. The summed E-state index contributed by atoms with van der Waals surface area (Å²) in [7, 11) is 0. The van der Waals surface area contributed by atoms with E-state index in [1.165, 1.54) is 44.8 Å². The Kier molecular flexibility index (Phi) is 13.6. The van der Waals surface area contributed by atoms with Crippen molar-refractivity contribution in [2.24, 2.45) is 0 Å². The second-order valence-electron chi connectivity index (χ2n) is 4.36. The molecule has 2 heteroatoms. The van der Waals surface area contributed by atoms with Crippen LogP contribution in [0.3, 0.4) is 0 Å². The second kappa shape index (κ2) is 14.7. The van der Waals surface area contributed by atoms with Crippen molar-refractivity contribution in [2.75, 3.05) is 13.1 Å². The van der Waals surface area contributed by atoms with Gasteiger partial charge in [0.05, 0.1) is 0 Å². The Balaban J connectivity index is 0.000000344. The molecule has 1 aromatic carbocycles. The van der Waals surface area contributed by atoms with Crippen molar-refractivity contribution in [2.45, 2.75) is 39.5 Å². The average molecular weight is 261 g/mol. The molecule has 0 aliphatic heterocycles. The zero-order valence-electron chi connectivity index (χ0n) is 12.3. The lowest BCUT2D eigenvalue weighted by Gasteiger charge is -1.99. The maximum absolute atomic E-state index is 9.89. The fourth-order valence-electron chi connectivity index (χ4n) is 1.44. The molecule has 0 saturated carbocycles. The summed E-state index contributed by atoms with van der Waals surface area (Å²) < 4.78 is 0. The van der Waals surface area contributed by atoms with E-state index in [-0.39, 0.29) is 0 Å². The summed E-state index contributed by atoms with van der Waals surface area (Å²) >= 11 is 0. The molecule has 0 bridgehead atoms. The quantitative estimate of drug-likeness (QED) is 0.434. The maximum Gasteiger partial charge on any atom is 0.142 e. The van der Waals surface area contributed by atoms with Crippen molar-refractivity contribution in [3.63, 3.8) is 0 Å². The van der Waals surface area contributed by atoms with E-state index < -0.39 is 0 Å². The zero-order chi connectivity index (χ0) is 14.2. The number of hydrogen-bond acceptors (Lipinski definition) is 2. The summed E-state index contributed by atoms with van der Waals surface area (Å²) in [5.41, 5.74) is 1.05. The van der Waals surface area contributed by atoms with E-state index in [1.807, 2.05) is 30.3 Å². The molecule has 19 heavy (non-hydrogen) atoms. The zero-order valence-corrected chi connectivity index (χ0v) is 12.3. The van der Waals surface area contributed by atoms with Crippen LogP contribution in [0.4, 0.5) is 0 Å². The van der Waals surface area contributed by atoms with E-state index in [2.05, 4.69) is 19.2 Å². The normalized spacial score (nSPS) is 10.0. The van der Waals surface area contributed by atoms with E-state index in [1.54, 1.807) is 6.08 Å². The number of carbonyl (C=O) groups is 1. The van der Waals surface area contributed by atoms with Gasteiger partial charge >= 0.3 is 0 Å². The molecule has 0 saturated heterocycles. The number of unbranched alkanes of at least 4 members (excludes halogenated alkanes) is 2. The molecule has 0 heterocycles. The Bertz CT molecular complexity index is 313. The highest BCUT2D eigenvalue weighted by atomic mass is 16.1. The lowest BCUT2D eigenvalue weighted by atomic mass is 10.2. The summed E-state index contributed by atoms with van der Waals surface area (Å²) in [6.07, 6.45) is 9.28. The third-order valence-corrected chi connectivity index (χ3v) is 2.58. The highest BCUT2D eigenvalue weighted by molar-refractivity contribution is 5.73. The van der Waals surface area contributed by atoms with Crippen molar-refractivity contribution >= 4 is 12.4 Å². The van der Waals surface area contributed by atoms with Gasteiger partial charge in [-0.05, 0) is 37.6 Å². The molecule has 0 amide bonds. The first-order valence-electron chi connectivity index (χ1n) is 7.22. The van der Waals surface area contributed by atoms with Crippen LogP contribution in [0, 0.1) is 0 Å². The predicted octanol–water partition coefficient (Wildman–Crippen LogP) is 4.07. The van der Waals surface area contributed by atoms with Gasteiger partial charge in [-0.2, -0.15) is 0 Å². The van der Waals surface area contributed by atoms with Crippen molar-refractivity contribution in [3.05, 3.63) is 42.0 Å². The SMILES string of the molecule is CCCCNCCCC.O=CC=Cc1ccccc1. The minimum atomic E-state index is 0.771. The third kappa shape index (κ3) is 12.8. The van der Waals surface area contributed by atoms with Gasteiger partial charge in [0.2, 0.25) is 0 Å². The summed E-state index contributed by atoms with van der Waals surface area (Å²) in [5, 5.41) is 3.39. The average Bonchev–Trinajstić information content (AvgIpc) is 2.47. The van der Waals surface area contributed by atoms with Crippen molar-refractivity contribution in [1.82, 2.24) is 5.32 Å². The van der Waals surface area contributed by atoms with Gasteiger partial charge in [0.1, 0.15) is 6.29 Å². The van der Waals surface area contributed by atoms with E-state index in [9.17, 15) is 4.79 Å². The van der Waals surface area contributed by atoms with Crippen LogP contribution in [-0.4, -0.2) is 19.4 Å². The number of nitrogens with one attached hydrogen (secondary N) is 1. The molecular formula is C17H27NO. The van der Waals surface area contributed by atoms with Crippen LogP contribution in [0.5, 0.6) is 0 Å². The summed E-state index contributed by atoms with van der Waals surface area (Å²) in [5.74, 6) is 0. The Morgan fingerprint density at radius 3 is 2.05 bits per heavy atom. The van der Waals surface area contributed by atoms with Gasteiger partial charge in [-0.1, -0.05) is 63.1 Å². The van der Waals surface area contributed by atoms with Crippen LogP contribution < -0.4 is 5.32 Å². The fraction of sp³-hybridized carbons (Fsp3) is 0.471. The van der Waals surface area contributed by atoms with Gasteiger partial charge in [0, 0.05) is 0 Å². The molecule has 0 atom stereocenters. The van der Waals surface area contributed by atoms with Crippen LogP contribution in [0.25, 0.3) is 6.08 Å². The maximum atomic E-state index is 9.89. The standard InChI is InChI=1S/C9H8O.C8H19N/c10-8-4-7-9-5-2-1-3-6-9;1-3-5-7-9-8-6-4-2/h1-8H;9H,3-8H2,1-2H3. The van der Waals surface area contributed by atoms with Gasteiger partial charge in [0.15, 0.2) is 0 Å². The Morgan fingerprint density at radius 1 is 1.00 bits per heavy atom. The molecule has 0 aromatic heterocycles. The molecule has 1 rings (SSSR count). The number of allylic oxidation sites excluding steroid dienone is 1. The summed E-state index contributed by atoms with van der Waals surface area (Å²) in [4.78, 5) is 9.89. The molecule has 0 spiro atoms. The minimum Gasteiger partial charge on any atom is -0.317 e. The molecule has 0 aliphatic rings. The summed E-state index contributed by atoms with van der Waals surface area (Å²) in [6, 6.07) is 9.70. The molecular weight excluding hydrogens is 234 g/mol. The third-order valence-electron chi connectivity index (χ3n) is 2.58. The molecule has 1 aromatic rings. The van der Waals surface area contributed by atoms with Crippen molar-refractivity contribution in [3.8, 4) is 0 Å². The van der Waals surface area contributed by atoms with Gasteiger partial charge in [-0.25, -0.2) is 0 Å². The van der Waals surface area contributed by atoms with Gasteiger partial charge in [-0.15, -0.1) is 0 Å². The van der Waals surface area contributed by atoms with Gasteiger partial charge < -0.3 is 5.32 Å². The highest BCUT2D eigenvalue weighted by Gasteiger charge is 1.83. The number of aldehydes is 1. The van der Waals surface area contributed by atoms with Gasteiger partial charge in [0.25, 0.3) is 0 Å². The van der Waals surface area contributed by atoms with E-state index in [4.69, 9.17) is 0 Å². The van der Waals surface area contributed by atoms with Crippen LogP contribution in [0.15, 0.2) is 36.4 Å². The molecule has 0 aliphatic carbocycles. The fourth-order valence-corrected chi connectivity index (χ4v) is 1.44. The second-order valence-corrected chi connectivity index (χ2v) is 4.36. The summed E-state index contributed by atoms with van der Waals surface area (Å²) in [6.45, 7) is 6.86. The molecule has 2 nitrogen and oxygen atoms in total. The van der Waals surface area contributed by atoms with E-state index in [0.717, 1.165) is 11.8 Å². The molecule has 0 radical (unpaired) electrons. The topological polar surface area (TPSA) is 29.1 Å². The Hall–Kier alpha value is -1.41. The van der Waals surface area contributed by atoms with Crippen LogP contribution in [0.2, 0.25) is 0 Å². The number of benzene rings is 1. The van der Waals surface area contributed by atoms with Crippen LogP contribution >= 0.6 is 0 Å². The molecule has 106 valence electrons. The molecule has 1 N–H and O–H groups in total. The number of carbonyl (C=O) groups excluding carboxylic acids is 1. The smallest absolute Gasteiger partial charge is 0.142 e. The molecule has 0 unspecified atom stereocenters. The van der Waals surface area contributed by atoms with Crippen molar-refractivity contribution in [1.29, 1.82) is 0 Å². The van der Waals surface area contributed by atoms with Crippen LogP contribution in [-0.2, 0) is 4.79 Å². The first-order chi connectivity index (χ1) is 9.35. The number of hydrogen-bond donors (Lipinski definition) is 1. The van der Waals surface area contributed by atoms with Crippen molar-refractivity contribution < 1.29 is 4.79 Å². The lowest BCUT2D eigenvalue weighted by molar-refractivity contribution is -0.104.